The highest BCUT2D eigenvalue weighted by atomic mass is 35.5. The molecule has 0 saturated carbocycles. The Bertz CT molecular complexity index is 575. The molecular weight excluding hydrogens is 308 g/mol. The molecule has 3 heteroatoms. The summed E-state index contributed by atoms with van der Waals surface area (Å²) < 4.78 is 6.16. The topological polar surface area (TPSA) is 29.5 Å². The average Bonchev–Trinajstić information content (AvgIpc) is 2.51. The van der Waals surface area contributed by atoms with Crippen LogP contribution in [-0.4, -0.2) is 23.7 Å². The largest absolute Gasteiger partial charge is 0.389 e. The van der Waals surface area contributed by atoms with Gasteiger partial charge < -0.3 is 9.84 Å². The predicted octanol–water partition coefficient (Wildman–Crippen LogP) is 4.63. The van der Waals surface area contributed by atoms with E-state index < -0.39 is 6.10 Å². The first-order valence-electron chi connectivity index (χ1n) is 7.93. The number of hydrogen-bond donors (Lipinski definition) is 1. The van der Waals surface area contributed by atoms with Crippen LogP contribution in [0.3, 0.4) is 0 Å². The lowest BCUT2D eigenvalue weighted by Crippen LogP contribution is -2.21. The standard InChI is InChI=1S/C20H25ClO2/c1-13-7-5-8-14(2)18(13)20(23-12-17(22)11-21)19-15(3)9-6-10-16(19)4/h5-10,17,20,22H,11-12H2,1-4H3/t17-/m0/s1. The first-order chi connectivity index (χ1) is 11.0. The molecule has 124 valence electrons. The Hall–Kier alpha value is -1.35. The molecule has 0 aromatic heterocycles. The molecule has 1 N–H and O–H groups in total. The van der Waals surface area contributed by atoms with E-state index in [1.165, 1.54) is 33.4 Å². The van der Waals surface area contributed by atoms with Crippen LogP contribution in [-0.2, 0) is 4.74 Å². The maximum Gasteiger partial charge on any atom is 0.109 e. The van der Waals surface area contributed by atoms with Gasteiger partial charge in [0.05, 0.1) is 18.6 Å². The molecule has 0 aliphatic carbocycles. The highest BCUT2D eigenvalue weighted by molar-refractivity contribution is 6.18. The SMILES string of the molecule is Cc1cccc(C)c1C(OC[C@@H](O)CCl)c1c(C)cccc1C. The van der Waals surface area contributed by atoms with Crippen molar-refractivity contribution in [2.45, 2.75) is 39.9 Å². The minimum Gasteiger partial charge on any atom is -0.389 e. The summed E-state index contributed by atoms with van der Waals surface area (Å²) in [5.41, 5.74) is 7.12. The number of alkyl halides is 1. The van der Waals surface area contributed by atoms with Crippen LogP contribution in [0.25, 0.3) is 0 Å². The van der Waals surface area contributed by atoms with Gasteiger partial charge in [0.2, 0.25) is 0 Å². The number of rotatable bonds is 6. The van der Waals surface area contributed by atoms with Gasteiger partial charge in [-0.1, -0.05) is 36.4 Å². The van der Waals surface area contributed by atoms with E-state index in [1.807, 2.05) is 0 Å². The Kier molecular flexibility index (Phi) is 6.23. The number of benzene rings is 2. The molecular formula is C20H25ClO2. The van der Waals surface area contributed by atoms with E-state index in [4.69, 9.17) is 16.3 Å². The normalized spacial score (nSPS) is 12.7. The van der Waals surface area contributed by atoms with Gasteiger partial charge in [0, 0.05) is 0 Å². The van der Waals surface area contributed by atoms with Crippen molar-refractivity contribution >= 4 is 11.6 Å². The van der Waals surface area contributed by atoms with Gasteiger partial charge in [0.1, 0.15) is 6.10 Å². The van der Waals surface area contributed by atoms with Gasteiger partial charge in [0.15, 0.2) is 0 Å². The summed E-state index contributed by atoms with van der Waals surface area (Å²) in [5, 5.41) is 9.82. The highest BCUT2D eigenvalue weighted by Crippen LogP contribution is 2.34. The van der Waals surface area contributed by atoms with Crippen molar-refractivity contribution < 1.29 is 9.84 Å². The molecule has 2 nitrogen and oxygen atoms in total. The number of aliphatic hydroxyl groups is 1. The Labute approximate surface area is 144 Å². The summed E-state index contributed by atoms with van der Waals surface area (Å²) in [6.07, 6.45) is -0.858. The molecule has 0 aliphatic rings. The minimum atomic E-state index is -0.659. The number of aliphatic hydroxyl groups excluding tert-OH is 1. The second kappa shape index (κ2) is 7.96. The van der Waals surface area contributed by atoms with Gasteiger partial charge in [0.25, 0.3) is 0 Å². The second-order valence-corrected chi connectivity index (χ2v) is 6.44. The molecule has 0 amide bonds. The van der Waals surface area contributed by atoms with E-state index in [9.17, 15) is 5.11 Å². The molecule has 0 saturated heterocycles. The predicted molar refractivity (Wildman–Crippen MR) is 96.4 cm³/mol. The molecule has 2 aromatic carbocycles. The molecule has 0 spiro atoms. The van der Waals surface area contributed by atoms with Gasteiger partial charge in [-0.25, -0.2) is 0 Å². The third-order valence-electron chi connectivity index (χ3n) is 4.24. The van der Waals surface area contributed by atoms with Crippen LogP contribution >= 0.6 is 11.6 Å². The van der Waals surface area contributed by atoms with Crippen LogP contribution in [0, 0.1) is 27.7 Å². The zero-order valence-electron chi connectivity index (χ0n) is 14.3. The summed E-state index contributed by atoms with van der Waals surface area (Å²) in [6, 6.07) is 12.5. The first kappa shape index (κ1) is 18.0. The van der Waals surface area contributed by atoms with Crippen LogP contribution in [0.2, 0.25) is 0 Å². The van der Waals surface area contributed by atoms with Crippen molar-refractivity contribution in [3.63, 3.8) is 0 Å². The van der Waals surface area contributed by atoms with E-state index in [0.29, 0.717) is 0 Å². The lowest BCUT2D eigenvalue weighted by atomic mass is 9.88. The van der Waals surface area contributed by atoms with Gasteiger partial charge in [-0.15, -0.1) is 11.6 Å². The summed E-state index contributed by atoms with van der Waals surface area (Å²) in [6.45, 7) is 8.62. The monoisotopic (exact) mass is 332 g/mol. The quantitative estimate of drug-likeness (QED) is 0.782. The molecule has 0 fully saturated rings. The van der Waals surface area contributed by atoms with E-state index in [-0.39, 0.29) is 18.6 Å². The molecule has 0 heterocycles. The molecule has 0 unspecified atom stereocenters. The third-order valence-corrected chi connectivity index (χ3v) is 4.60. The van der Waals surface area contributed by atoms with Crippen molar-refractivity contribution in [3.05, 3.63) is 69.8 Å². The summed E-state index contributed by atoms with van der Waals surface area (Å²) >= 11 is 5.72. The van der Waals surface area contributed by atoms with Crippen molar-refractivity contribution in [1.82, 2.24) is 0 Å². The van der Waals surface area contributed by atoms with Crippen LogP contribution in [0.5, 0.6) is 0 Å². The maximum atomic E-state index is 9.82. The van der Waals surface area contributed by atoms with Crippen LogP contribution in [0.4, 0.5) is 0 Å². The fraction of sp³-hybridized carbons (Fsp3) is 0.400. The molecule has 0 aliphatic heterocycles. The van der Waals surface area contributed by atoms with Crippen molar-refractivity contribution in [2.75, 3.05) is 12.5 Å². The van der Waals surface area contributed by atoms with Gasteiger partial charge in [-0.3, -0.25) is 0 Å². The number of halogens is 1. The Morgan fingerprint density at radius 3 is 1.61 bits per heavy atom. The second-order valence-electron chi connectivity index (χ2n) is 6.13. The zero-order valence-corrected chi connectivity index (χ0v) is 15.0. The van der Waals surface area contributed by atoms with Crippen LogP contribution in [0.15, 0.2) is 36.4 Å². The van der Waals surface area contributed by atoms with Gasteiger partial charge in [-0.2, -0.15) is 0 Å². The van der Waals surface area contributed by atoms with Crippen molar-refractivity contribution in [2.24, 2.45) is 0 Å². The number of ether oxygens (including phenoxy) is 1. The average molecular weight is 333 g/mol. The van der Waals surface area contributed by atoms with E-state index in [1.54, 1.807) is 0 Å². The van der Waals surface area contributed by atoms with Crippen LogP contribution < -0.4 is 0 Å². The summed E-state index contributed by atoms with van der Waals surface area (Å²) in [7, 11) is 0. The van der Waals surface area contributed by atoms with E-state index in [2.05, 4.69) is 64.1 Å². The fourth-order valence-electron chi connectivity index (χ4n) is 3.04. The molecule has 2 aromatic rings. The minimum absolute atomic E-state index is 0.173. The Morgan fingerprint density at radius 2 is 1.26 bits per heavy atom. The highest BCUT2D eigenvalue weighted by Gasteiger charge is 2.23. The third kappa shape index (κ3) is 4.14. The molecule has 2 rings (SSSR count). The van der Waals surface area contributed by atoms with E-state index >= 15 is 0 Å². The fourth-order valence-corrected chi connectivity index (χ4v) is 3.13. The van der Waals surface area contributed by atoms with Crippen molar-refractivity contribution in [1.29, 1.82) is 0 Å². The molecule has 23 heavy (non-hydrogen) atoms. The summed E-state index contributed by atoms with van der Waals surface area (Å²) in [4.78, 5) is 0. The summed E-state index contributed by atoms with van der Waals surface area (Å²) in [5.74, 6) is 0.173. The number of hydrogen-bond acceptors (Lipinski definition) is 2. The molecule has 0 bridgehead atoms. The lowest BCUT2D eigenvalue weighted by molar-refractivity contribution is 0.0141. The maximum absolute atomic E-state index is 9.82. The lowest BCUT2D eigenvalue weighted by Gasteiger charge is -2.26. The first-order valence-corrected chi connectivity index (χ1v) is 8.47. The van der Waals surface area contributed by atoms with Gasteiger partial charge in [-0.05, 0) is 61.1 Å². The molecule has 1 atom stereocenters. The van der Waals surface area contributed by atoms with Crippen molar-refractivity contribution in [3.8, 4) is 0 Å². The number of aryl methyl sites for hydroxylation is 4. The Morgan fingerprint density at radius 1 is 0.870 bits per heavy atom. The van der Waals surface area contributed by atoms with Gasteiger partial charge >= 0.3 is 0 Å². The smallest absolute Gasteiger partial charge is 0.109 e. The van der Waals surface area contributed by atoms with E-state index in [0.717, 1.165) is 0 Å². The Balaban J connectivity index is 2.52. The zero-order chi connectivity index (χ0) is 17.0. The van der Waals surface area contributed by atoms with Crippen LogP contribution in [0.1, 0.15) is 39.5 Å². The molecule has 0 radical (unpaired) electrons.